The smallest absolute Gasteiger partial charge is 0.240 e. The molecule has 0 aliphatic rings. The minimum Gasteiger partial charge on any atom is -0.300 e. The predicted molar refractivity (Wildman–Crippen MR) is 57.1 cm³/mol. The summed E-state index contributed by atoms with van der Waals surface area (Å²) in [6.45, 7) is 1.43. The van der Waals surface area contributed by atoms with Crippen molar-refractivity contribution in [1.82, 2.24) is 4.72 Å². The van der Waals surface area contributed by atoms with E-state index in [1.165, 1.54) is 20.0 Å². The molecule has 0 aromatic heterocycles. The third-order valence-corrected chi connectivity index (χ3v) is 3.49. The zero-order valence-corrected chi connectivity index (χ0v) is 9.47. The quantitative estimate of drug-likeness (QED) is 0.824. The molecule has 0 radical (unpaired) electrons. The van der Waals surface area contributed by atoms with E-state index < -0.39 is 10.0 Å². The van der Waals surface area contributed by atoms with Crippen molar-refractivity contribution in [2.45, 2.75) is 18.2 Å². The van der Waals surface area contributed by atoms with E-state index in [0.29, 0.717) is 5.56 Å². The molecule has 0 fully saturated rings. The van der Waals surface area contributed by atoms with E-state index in [2.05, 4.69) is 4.72 Å². The van der Waals surface area contributed by atoms with Crippen LogP contribution in [0.25, 0.3) is 0 Å². The fourth-order valence-electron chi connectivity index (χ4n) is 1.29. The number of carbonyl (C=O) groups excluding carboxylic acids is 1. The molecule has 0 saturated heterocycles. The van der Waals surface area contributed by atoms with Crippen LogP contribution in [0.2, 0.25) is 0 Å². The fraction of sp³-hybridized carbons (Fsp3) is 0.300. The highest BCUT2D eigenvalue weighted by atomic mass is 32.2. The number of ketones is 1. The van der Waals surface area contributed by atoms with E-state index in [4.69, 9.17) is 0 Å². The number of rotatable bonds is 4. The van der Waals surface area contributed by atoms with Crippen molar-refractivity contribution in [3.8, 4) is 0 Å². The monoisotopic (exact) mass is 227 g/mol. The highest BCUT2D eigenvalue weighted by molar-refractivity contribution is 7.89. The highest BCUT2D eigenvalue weighted by Gasteiger charge is 2.16. The fourth-order valence-corrected chi connectivity index (χ4v) is 2.25. The van der Waals surface area contributed by atoms with Gasteiger partial charge in [0.2, 0.25) is 10.0 Å². The number of nitrogens with one attached hydrogen (secondary N) is 1. The summed E-state index contributed by atoms with van der Waals surface area (Å²) < 4.78 is 25.4. The second-order valence-electron chi connectivity index (χ2n) is 3.19. The molecule has 4 nitrogen and oxygen atoms in total. The summed E-state index contributed by atoms with van der Waals surface area (Å²) in [6, 6.07) is 6.48. The van der Waals surface area contributed by atoms with Crippen molar-refractivity contribution in [3.05, 3.63) is 29.8 Å². The summed E-state index contributed by atoms with van der Waals surface area (Å²) in [5, 5.41) is 0. The lowest BCUT2D eigenvalue weighted by atomic mass is 10.1. The molecule has 1 rings (SSSR count). The zero-order valence-electron chi connectivity index (χ0n) is 8.65. The number of carbonyl (C=O) groups is 1. The summed E-state index contributed by atoms with van der Waals surface area (Å²) in [4.78, 5) is 11.1. The van der Waals surface area contributed by atoms with Crippen molar-refractivity contribution < 1.29 is 13.2 Å². The van der Waals surface area contributed by atoms with Gasteiger partial charge in [0.15, 0.2) is 0 Å². The van der Waals surface area contributed by atoms with Gasteiger partial charge in [-0.1, -0.05) is 18.2 Å². The molecule has 0 saturated carbocycles. The lowest BCUT2D eigenvalue weighted by molar-refractivity contribution is -0.116. The first-order valence-electron chi connectivity index (χ1n) is 4.48. The van der Waals surface area contributed by atoms with Crippen LogP contribution < -0.4 is 4.72 Å². The Bertz CT molecular complexity index is 465. The molecule has 0 aliphatic heterocycles. The molecule has 0 heterocycles. The predicted octanol–water partition coefficient (Wildman–Crippen LogP) is 0.726. The van der Waals surface area contributed by atoms with Gasteiger partial charge in [0.05, 0.1) is 4.90 Å². The molecule has 1 aromatic rings. The first-order chi connectivity index (χ1) is 6.97. The zero-order chi connectivity index (χ0) is 11.5. The molecule has 1 N–H and O–H groups in total. The molecular formula is C10H13NO3S. The van der Waals surface area contributed by atoms with Crippen LogP contribution in [-0.4, -0.2) is 21.2 Å². The second kappa shape index (κ2) is 4.55. The van der Waals surface area contributed by atoms with E-state index in [1.807, 2.05) is 0 Å². The number of hydrogen-bond acceptors (Lipinski definition) is 3. The van der Waals surface area contributed by atoms with Crippen LogP contribution >= 0.6 is 0 Å². The van der Waals surface area contributed by atoms with Crippen LogP contribution in [0.4, 0.5) is 0 Å². The third-order valence-electron chi connectivity index (χ3n) is 1.97. The van der Waals surface area contributed by atoms with Crippen LogP contribution in [0.15, 0.2) is 29.2 Å². The Morgan fingerprint density at radius 2 is 1.93 bits per heavy atom. The van der Waals surface area contributed by atoms with E-state index in [9.17, 15) is 13.2 Å². The third kappa shape index (κ3) is 2.87. The van der Waals surface area contributed by atoms with Crippen molar-refractivity contribution >= 4 is 15.8 Å². The number of sulfonamides is 1. The minimum absolute atomic E-state index is 0.0613. The van der Waals surface area contributed by atoms with Gasteiger partial charge in [0.1, 0.15) is 5.78 Å². The van der Waals surface area contributed by atoms with Crippen LogP contribution in [0.1, 0.15) is 12.5 Å². The van der Waals surface area contributed by atoms with Crippen LogP contribution in [-0.2, 0) is 21.2 Å². The largest absolute Gasteiger partial charge is 0.300 e. The number of Topliss-reactive ketones (excluding diaryl/α,β-unsaturated/α-hetero) is 1. The van der Waals surface area contributed by atoms with Crippen LogP contribution in [0.3, 0.4) is 0 Å². The molecular weight excluding hydrogens is 214 g/mol. The first kappa shape index (κ1) is 11.9. The second-order valence-corrected chi connectivity index (χ2v) is 5.05. The number of benzene rings is 1. The Kier molecular flexibility index (Phi) is 3.60. The average molecular weight is 227 g/mol. The summed E-state index contributed by atoms with van der Waals surface area (Å²) in [7, 11) is -2.13. The Hall–Kier alpha value is -1.20. The Labute approximate surface area is 89.4 Å². The standard InChI is InChI=1S/C10H13NO3S/c1-8(12)7-9-5-3-4-6-10(9)15(13,14)11-2/h3-6,11H,7H2,1-2H3. The minimum atomic E-state index is -3.48. The van der Waals surface area contributed by atoms with Gasteiger partial charge in [-0.3, -0.25) is 4.79 Å². The molecule has 5 heteroatoms. The average Bonchev–Trinajstić information content (AvgIpc) is 2.17. The lowest BCUT2D eigenvalue weighted by Gasteiger charge is -2.07. The first-order valence-corrected chi connectivity index (χ1v) is 5.96. The van der Waals surface area contributed by atoms with Gasteiger partial charge in [-0.05, 0) is 25.6 Å². The normalized spacial score (nSPS) is 11.3. The molecule has 0 atom stereocenters. The molecule has 0 aliphatic carbocycles. The molecule has 0 unspecified atom stereocenters. The van der Waals surface area contributed by atoms with Crippen molar-refractivity contribution in [1.29, 1.82) is 0 Å². The van der Waals surface area contributed by atoms with Crippen molar-refractivity contribution in [3.63, 3.8) is 0 Å². The van der Waals surface area contributed by atoms with Crippen LogP contribution in [0, 0.1) is 0 Å². The summed E-state index contributed by atoms with van der Waals surface area (Å²) in [5.74, 6) is -0.0613. The van der Waals surface area contributed by atoms with Gasteiger partial charge in [-0.15, -0.1) is 0 Å². The van der Waals surface area contributed by atoms with Gasteiger partial charge in [-0.2, -0.15) is 0 Å². The van der Waals surface area contributed by atoms with Crippen molar-refractivity contribution in [2.24, 2.45) is 0 Å². The Balaban J connectivity index is 3.24. The van der Waals surface area contributed by atoms with E-state index in [-0.39, 0.29) is 17.1 Å². The summed E-state index contributed by atoms with van der Waals surface area (Å²) >= 11 is 0. The van der Waals surface area contributed by atoms with Crippen LogP contribution in [0.5, 0.6) is 0 Å². The van der Waals surface area contributed by atoms with Gasteiger partial charge in [0, 0.05) is 6.42 Å². The molecule has 0 bridgehead atoms. The van der Waals surface area contributed by atoms with Crippen molar-refractivity contribution in [2.75, 3.05) is 7.05 Å². The van der Waals surface area contributed by atoms with Gasteiger partial charge in [0.25, 0.3) is 0 Å². The maximum absolute atomic E-state index is 11.6. The summed E-state index contributed by atoms with van der Waals surface area (Å²) in [6.07, 6.45) is 0.136. The SMILES string of the molecule is CNS(=O)(=O)c1ccccc1CC(C)=O. The Morgan fingerprint density at radius 1 is 1.33 bits per heavy atom. The maximum Gasteiger partial charge on any atom is 0.240 e. The Morgan fingerprint density at radius 3 is 2.47 bits per heavy atom. The van der Waals surface area contributed by atoms with E-state index in [0.717, 1.165) is 0 Å². The topological polar surface area (TPSA) is 63.2 Å². The molecule has 82 valence electrons. The molecule has 15 heavy (non-hydrogen) atoms. The van der Waals surface area contributed by atoms with Gasteiger partial charge in [-0.25, -0.2) is 13.1 Å². The maximum atomic E-state index is 11.6. The summed E-state index contributed by atoms with van der Waals surface area (Å²) in [5.41, 5.74) is 0.527. The van der Waals surface area contributed by atoms with E-state index in [1.54, 1.807) is 18.2 Å². The molecule has 1 aromatic carbocycles. The van der Waals surface area contributed by atoms with Gasteiger partial charge >= 0.3 is 0 Å². The van der Waals surface area contributed by atoms with Gasteiger partial charge < -0.3 is 0 Å². The number of hydrogen-bond donors (Lipinski definition) is 1. The molecule has 0 spiro atoms. The lowest BCUT2D eigenvalue weighted by Crippen LogP contribution is -2.20. The highest BCUT2D eigenvalue weighted by Crippen LogP contribution is 2.15. The molecule has 0 amide bonds. The van der Waals surface area contributed by atoms with E-state index >= 15 is 0 Å².